The minimum atomic E-state index is -4.72. The van der Waals surface area contributed by atoms with E-state index in [0.29, 0.717) is 15.9 Å². The lowest BCUT2D eigenvalue weighted by Gasteiger charge is -2.31. The van der Waals surface area contributed by atoms with Crippen LogP contribution in [0.15, 0.2) is 64.2 Å². The number of aliphatic hydroxyl groups is 1. The van der Waals surface area contributed by atoms with Crippen molar-refractivity contribution in [2.75, 3.05) is 0 Å². The molecule has 8 heteroatoms. The predicted molar refractivity (Wildman–Crippen MR) is 97.8 cm³/mol. The lowest BCUT2D eigenvalue weighted by atomic mass is 9.96. The quantitative estimate of drug-likeness (QED) is 0.766. The van der Waals surface area contributed by atoms with E-state index >= 15 is 0 Å². The van der Waals surface area contributed by atoms with Crippen molar-refractivity contribution in [2.24, 2.45) is 5.10 Å². The van der Waals surface area contributed by atoms with E-state index in [0.717, 1.165) is 5.56 Å². The van der Waals surface area contributed by atoms with E-state index in [-0.39, 0.29) is 12.0 Å². The molecule has 0 aliphatic carbocycles. The van der Waals surface area contributed by atoms with E-state index in [1.54, 1.807) is 12.1 Å². The zero-order valence-electron chi connectivity index (χ0n) is 14.1. The van der Waals surface area contributed by atoms with Crippen molar-refractivity contribution in [1.82, 2.24) is 5.01 Å². The number of carbonyl (C=O) groups is 1. The number of rotatable bonds is 4. The highest BCUT2D eigenvalue weighted by Gasteiger charge is 2.52. The van der Waals surface area contributed by atoms with Crippen LogP contribution in [0.2, 0.25) is 0 Å². The lowest BCUT2D eigenvalue weighted by molar-refractivity contribution is -0.157. The van der Waals surface area contributed by atoms with Crippen LogP contribution in [0.25, 0.3) is 0 Å². The second-order valence-corrected chi connectivity index (χ2v) is 7.15. The summed E-state index contributed by atoms with van der Waals surface area (Å²) in [5, 5.41) is 15.0. The Labute approximate surface area is 162 Å². The number of carbonyl (C=O) groups excluding carboxylic acids is 1. The van der Waals surface area contributed by atoms with E-state index in [9.17, 15) is 23.1 Å². The summed E-state index contributed by atoms with van der Waals surface area (Å²) in [6.45, 7) is 0. The Balaban J connectivity index is 1.88. The highest BCUT2D eigenvalue weighted by Crippen LogP contribution is 2.40. The topological polar surface area (TPSA) is 52.9 Å². The van der Waals surface area contributed by atoms with Gasteiger partial charge in [-0.25, -0.2) is 0 Å². The number of hydrogen-bond donors (Lipinski definition) is 1. The van der Waals surface area contributed by atoms with Crippen molar-refractivity contribution >= 4 is 27.5 Å². The minimum Gasteiger partial charge on any atom is -0.365 e. The molecule has 0 saturated heterocycles. The first-order chi connectivity index (χ1) is 12.7. The van der Waals surface area contributed by atoms with Gasteiger partial charge in [-0.2, -0.15) is 23.3 Å². The molecule has 4 nitrogen and oxygen atoms in total. The molecule has 0 fully saturated rings. The van der Waals surface area contributed by atoms with Crippen LogP contribution in [0.5, 0.6) is 0 Å². The molecule has 3 rings (SSSR count). The first-order valence-electron chi connectivity index (χ1n) is 8.20. The number of amides is 1. The van der Waals surface area contributed by atoms with Gasteiger partial charge in [-0.15, -0.1) is 0 Å². The monoisotopic (exact) mass is 440 g/mol. The predicted octanol–water partition coefficient (Wildman–Crippen LogP) is 4.38. The Morgan fingerprint density at radius 1 is 1.15 bits per heavy atom. The summed E-state index contributed by atoms with van der Waals surface area (Å²) < 4.78 is 40.3. The number of alkyl halides is 3. The third kappa shape index (κ3) is 4.22. The van der Waals surface area contributed by atoms with Gasteiger partial charge in [0.05, 0.1) is 6.42 Å². The van der Waals surface area contributed by atoms with Gasteiger partial charge in [-0.05, 0) is 24.1 Å². The fourth-order valence-corrected chi connectivity index (χ4v) is 3.17. The summed E-state index contributed by atoms with van der Waals surface area (Å²) in [5.74, 6) is -0.677. The molecule has 1 atom stereocenters. The molecule has 2 aromatic rings. The largest absolute Gasteiger partial charge is 0.431 e. The van der Waals surface area contributed by atoms with E-state index in [4.69, 9.17) is 0 Å². The molecule has 1 N–H and O–H groups in total. The summed E-state index contributed by atoms with van der Waals surface area (Å²) in [5.41, 5.74) is -2.31. The maximum Gasteiger partial charge on any atom is 0.431 e. The zero-order chi connectivity index (χ0) is 19.7. The van der Waals surface area contributed by atoms with Crippen molar-refractivity contribution in [1.29, 1.82) is 0 Å². The summed E-state index contributed by atoms with van der Waals surface area (Å²) in [6, 6.07) is 15.2. The lowest BCUT2D eigenvalue weighted by Crippen LogP contribution is -2.43. The van der Waals surface area contributed by atoms with Crippen LogP contribution >= 0.6 is 15.9 Å². The minimum absolute atomic E-state index is 0.0719. The molecule has 1 heterocycles. The van der Waals surface area contributed by atoms with E-state index in [1.807, 2.05) is 30.3 Å². The average Bonchev–Trinajstić information content (AvgIpc) is 3.00. The van der Waals surface area contributed by atoms with Gasteiger partial charge in [0.1, 0.15) is 5.71 Å². The molecule has 1 aliphatic heterocycles. The van der Waals surface area contributed by atoms with Crippen LogP contribution in [0.3, 0.4) is 0 Å². The highest BCUT2D eigenvalue weighted by atomic mass is 79.9. The Hall–Kier alpha value is -2.19. The van der Waals surface area contributed by atoms with Crippen LogP contribution in [-0.2, 0) is 16.9 Å². The van der Waals surface area contributed by atoms with Gasteiger partial charge < -0.3 is 5.11 Å². The van der Waals surface area contributed by atoms with Crippen molar-refractivity contribution in [2.45, 2.75) is 31.2 Å². The Bertz CT molecular complexity index is 854. The van der Waals surface area contributed by atoms with Crippen LogP contribution in [0.1, 0.15) is 24.0 Å². The molecule has 2 aromatic carbocycles. The third-order valence-electron chi connectivity index (χ3n) is 4.33. The summed E-state index contributed by atoms with van der Waals surface area (Å²) in [6.07, 6.45) is -5.27. The molecule has 1 amide bonds. The number of aryl methyl sites for hydroxylation is 1. The van der Waals surface area contributed by atoms with Gasteiger partial charge in [0, 0.05) is 16.5 Å². The van der Waals surface area contributed by atoms with E-state index in [1.165, 1.54) is 12.1 Å². The Morgan fingerprint density at radius 3 is 2.37 bits per heavy atom. The van der Waals surface area contributed by atoms with Gasteiger partial charge >= 0.3 is 6.18 Å². The molecule has 0 spiro atoms. The molecule has 1 aliphatic rings. The zero-order valence-corrected chi connectivity index (χ0v) is 15.7. The second-order valence-electron chi connectivity index (χ2n) is 6.24. The normalized spacial score (nSPS) is 19.9. The fraction of sp³-hybridized carbons (Fsp3) is 0.263. The smallest absolute Gasteiger partial charge is 0.365 e. The Kier molecular flexibility index (Phi) is 5.39. The Morgan fingerprint density at radius 2 is 1.78 bits per heavy atom. The summed E-state index contributed by atoms with van der Waals surface area (Å²) in [7, 11) is 0. The maximum absolute atomic E-state index is 13.2. The number of nitrogens with zero attached hydrogens (tertiary/aromatic N) is 2. The third-order valence-corrected chi connectivity index (χ3v) is 4.85. The van der Waals surface area contributed by atoms with Gasteiger partial charge in [-0.1, -0.05) is 58.4 Å². The molecule has 0 saturated carbocycles. The van der Waals surface area contributed by atoms with Crippen LogP contribution in [0.4, 0.5) is 13.2 Å². The molecule has 0 radical (unpaired) electrons. The van der Waals surface area contributed by atoms with Crippen molar-refractivity contribution < 1.29 is 23.1 Å². The standard InChI is InChI=1S/C19H16BrF3N2O2/c20-15-9-7-14(8-10-15)18(27)12-16(19(21,22)23)24-25(18)17(26)11-6-13-4-2-1-3-5-13/h1-5,7-10,27H,6,11-12H2/t18-/m1/s1. The van der Waals surface area contributed by atoms with E-state index in [2.05, 4.69) is 21.0 Å². The van der Waals surface area contributed by atoms with Crippen molar-refractivity contribution in [3.05, 3.63) is 70.2 Å². The number of benzene rings is 2. The molecule has 0 aromatic heterocycles. The first-order valence-corrected chi connectivity index (χ1v) is 8.99. The first kappa shape index (κ1) is 19.6. The average molecular weight is 441 g/mol. The highest BCUT2D eigenvalue weighted by molar-refractivity contribution is 9.10. The molecular formula is C19H16BrF3N2O2. The van der Waals surface area contributed by atoms with Gasteiger partial charge in [0.2, 0.25) is 5.91 Å². The second kappa shape index (κ2) is 7.44. The van der Waals surface area contributed by atoms with Crippen LogP contribution < -0.4 is 0 Å². The molecule has 0 unspecified atom stereocenters. The number of halogens is 4. The summed E-state index contributed by atoms with van der Waals surface area (Å²) in [4.78, 5) is 12.6. The van der Waals surface area contributed by atoms with Crippen LogP contribution in [0, 0.1) is 0 Å². The van der Waals surface area contributed by atoms with E-state index < -0.39 is 29.9 Å². The number of hydrazone groups is 1. The van der Waals surface area contributed by atoms with Gasteiger partial charge in [0.25, 0.3) is 0 Å². The SMILES string of the molecule is O=C(CCc1ccccc1)N1N=C(C(F)(F)F)C[C@@]1(O)c1ccc(Br)cc1. The number of hydrogen-bond acceptors (Lipinski definition) is 3. The molecule has 142 valence electrons. The summed E-state index contributed by atoms with van der Waals surface area (Å²) >= 11 is 3.24. The molecule has 0 bridgehead atoms. The van der Waals surface area contributed by atoms with Gasteiger partial charge in [-0.3, -0.25) is 4.79 Å². The molecular weight excluding hydrogens is 425 g/mol. The maximum atomic E-state index is 13.2. The molecule has 27 heavy (non-hydrogen) atoms. The van der Waals surface area contributed by atoms with Crippen molar-refractivity contribution in [3.63, 3.8) is 0 Å². The fourth-order valence-electron chi connectivity index (χ4n) is 2.91. The van der Waals surface area contributed by atoms with Crippen LogP contribution in [-0.4, -0.2) is 27.9 Å². The van der Waals surface area contributed by atoms with Gasteiger partial charge in [0.15, 0.2) is 5.72 Å². The van der Waals surface area contributed by atoms with Crippen molar-refractivity contribution in [3.8, 4) is 0 Å².